The Morgan fingerprint density at radius 2 is 2.09 bits per heavy atom. The number of nitrogens with one attached hydrogen (secondary N) is 2. The number of nitrogens with zero attached hydrogens (tertiary/aromatic N) is 2. The lowest BCUT2D eigenvalue weighted by atomic mass is 9.77. The summed E-state index contributed by atoms with van der Waals surface area (Å²) < 4.78 is 0. The van der Waals surface area contributed by atoms with Crippen LogP contribution in [-0.2, 0) is 0 Å². The maximum absolute atomic E-state index is 4.57. The molecule has 4 heteroatoms. The molecule has 1 saturated carbocycles. The van der Waals surface area contributed by atoms with Gasteiger partial charge in [0.25, 0.3) is 0 Å². The van der Waals surface area contributed by atoms with Crippen LogP contribution in [0.2, 0.25) is 0 Å². The summed E-state index contributed by atoms with van der Waals surface area (Å²) in [7, 11) is 2.05. The van der Waals surface area contributed by atoms with Crippen LogP contribution in [0.5, 0.6) is 0 Å². The van der Waals surface area contributed by atoms with Crippen molar-refractivity contribution in [1.29, 1.82) is 0 Å². The van der Waals surface area contributed by atoms with Crippen LogP contribution in [0.1, 0.15) is 40.5 Å². The molecule has 2 unspecified atom stereocenters. The highest BCUT2D eigenvalue weighted by atomic mass is 15.2. The van der Waals surface area contributed by atoms with Crippen molar-refractivity contribution in [3.8, 4) is 0 Å². The van der Waals surface area contributed by atoms with Gasteiger partial charge in [0.15, 0.2) is 0 Å². The lowest BCUT2D eigenvalue weighted by Crippen LogP contribution is -2.30. The van der Waals surface area contributed by atoms with Crippen molar-refractivity contribution in [2.75, 3.05) is 30.4 Å². The Hall–Kier alpha value is -1.29. The first-order chi connectivity index (χ1) is 10.9. The summed E-state index contributed by atoms with van der Waals surface area (Å²) in [6, 6.07) is 5.48. The number of hydrogen-bond donors (Lipinski definition) is 2. The molecule has 0 bridgehead atoms. The van der Waals surface area contributed by atoms with Gasteiger partial charge in [0.2, 0.25) is 0 Å². The van der Waals surface area contributed by atoms with E-state index in [1.54, 1.807) is 0 Å². The quantitative estimate of drug-likeness (QED) is 0.893. The third-order valence-corrected chi connectivity index (χ3v) is 6.69. The largest absolute Gasteiger partial charge is 0.370 e. The van der Waals surface area contributed by atoms with E-state index >= 15 is 0 Å². The normalized spacial score (nSPS) is 33.2. The fourth-order valence-electron chi connectivity index (χ4n) is 4.16. The fraction of sp³-hybridized carbons (Fsp3) is 0.737. The molecule has 23 heavy (non-hydrogen) atoms. The predicted octanol–water partition coefficient (Wildman–Crippen LogP) is 3.36. The summed E-state index contributed by atoms with van der Waals surface area (Å²) in [5.74, 6) is 2.42. The Kier molecular flexibility index (Phi) is 4.54. The average molecular weight is 316 g/mol. The Bertz CT molecular complexity index is 542. The number of rotatable bonds is 4. The predicted molar refractivity (Wildman–Crippen MR) is 98.1 cm³/mol. The van der Waals surface area contributed by atoms with E-state index in [4.69, 9.17) is 0 Å². The lowest BCUT2D eigenvalue weighted by molar-refractivity contribution is 0.209. The molecule has 0 radical (unpaired) electrons. The van der Waals surface area contributed by atoms with E-state index in [0.717, 1.165) is 24.8 Å². The van der Waals surface area contributed by atoms with Crippen molar-refractivity contribution in [2.24, 2.45) is 17.3 Å². The molecule has 128 valence electrons. The van der Waals surface area contributed by atoms with E-state index in [9.17, 15) is 0 Å². The third-order valence-electron chi connectivity index (χ3n) is 6.69. The van der Waals surface area contributed by atoms with E-state index in [0.29, 0.717) is 23.4 Å². The van der Waals surface area contributed by atoms with Gasteiger partial charge in [-0.3, -0.25) is 0 Å². The Morgan fingerprint density at radius 3 is 2.70 bits per heavy atom. The lowest BCUT2D eigenvalue weighted by Gasteiger charge is -2.30. The molecule has 2 N–H and O–H groups in total. The third kappa shape index (κ3) is 3.18. The number of hydrogen-bond acceptors (Lipinski definition) is 4. The monoisotopic (exact) mass is 316 g/mol. The molecule has 1 aromatic heterocycles. The molecular formula is C19H32N4. The highest BCUT2D eigenvalue weighted by Gasteiger charge is 2.44. The van der Waals surface area contributed by atoms with Crippen molar-refractivity contribution >= 4 is 11.5 Å². The topological polar surface area (TPSA) is 40.2 Å². The van der Waals surface area contributed by atoms with Gasteiger partial charge in [0.05, 0.1) is 0 Å². The standard InChI is InChI=1S/C19H32N4/c1-13-10-17(14(2)19(13,3)4)22-18-11-16(6-8-21-18)23-9-7-15(12-23)20-5/h6,8,11,13-15,17,20H,7,9-10,12H2,1-5H3,(H,21,22)/t13-,14?,15-,17?/m0/s1. The van der Waals surface area contributed by atoms with Crippen molar-refractivity contribution in [1.82, 2.24) is 10.3 Å². The van der Waals surface area contributed by atoms with Crippen molar-refractivity contribution < 1.29 is 0 Å². The first kappa shape index (κ1) is 16.6. The van der Waals surface area contributed by atoms with E-state index < -0.39 is 0 Å². The van der Waals surface area contributed by atoms with Crippen LogP contribution >= 0.6 is 0 Å². The van der Waals surface area contributed by atoms with Gasteiger partial charge in [-0.1, -0.05) is 27.7 Å². The molecule has 4 nitrogen and oxygen atoms in total. The summed E-state index contributed by atoms with van der Waals surface area (Å²) in [5.41, 5.74) is 1.68. The number of pyridine rings is 1. The average Bonchev–Trinajstić information content (AvgIpc) is 3.08. The molecule has 4 atom stereocenters. The summed E-state index contributed by atoms with van der Waals surface area (Å²) in [4.78, 5) is 7.02. The van der Waals surface area contributed by atoms with Gasteiger partial charge in [-0.15, -0.1) is 0 Å². The van der Waals surface area contributed by atoms with Gasteiger partial charge in [-0.25, -0.2) is 4.98 Å². The number of anilines is 2. The minimum absolute atomic E-state index is 0.393. The highest BCUT2D eigenvalue weighted by molar-refractivity contribution is 5.55. The highest BCUT2D eigenvalue weighted by Crippen LogP contribution is 2.47. The Balaban J connectivity index is 1.69. The van der Waals surface area contributed by atoms with E-state index in [1.165, 1.54) is 18.5 Å². The van der Waals surface area contributed by atoms with Crippen LogP contribution in [0.15, 0.2) is 18.3 Å². The van der Waals surface area contributed by atoms with E-state index in [-0.39, 0.29) is 0 Å². The fourth-order valence-corrected chi connectivity index (χ4v) is 4.16. The summed E-state index contributed by atoms with van der Waals surface area (Å²) in [6.45, 7) is 11.8. The molecule has 1 saturated heterocycles. The van der Waals surface area contributed by atoms with Crippen molar-refractivity contribution in [3.05, 3.63) is 18.3 Å². The van der Waals surface area contributed by atoms with Crippen LogP contribution in [-0.4, -0.2) is 37.2 Å². The second-order valence-corrected chi connectivity index (χ2v) is 8.12. The maximum atomic E-state index is 4.57. The van der Waals surface area contributed by atoms with E-state index in [1.807, 2.05) is 6.20 Å². The van der Waals surface area contributed by atoms with Crippen LogP contribution in [0, 0.1) is 17.3 Å². The zero-order chi connectivity index (χ0) is 16.6. The van der Waals surface area contributed by atoms with Crippen LogP contribution < -0.4 is 15.5 Å². The summed E-state index contributed by atoms with van der Waals surface area (Å²) >= 11 is 0. The molecule has 0 aromatic carbocycles. The Morgan fingerprint density at radius 1 is 1.30 bits per heavy atom. The molecule has 2 heterocycles. The summed E-state index contributed by atoms with van der Waals surface area (Å²) in [6.07, 6.45) is 4.39. The molecule has 3 rings (SSSR count). The van der Waals surface area contributed by atoms with Gasteiger partial charge in [0.1, 0.15) is 5.82 Å². The first-order valence-corrected chi connectivity index (χ1v) is 9.06. The molecular weight excluding hydrogens is 284 g/mol. The van der Waals surface area contributed by atoms with Gasteiger partial charge >= 0.3 is 0 Å². The Labute approximate surface area is 141 Å². The van der Waals surface area contributed by atoms with Crippen molar-refractivity contribution in [3.63, 3.8) is 0 Å². The molecule has 1 aliphatic carbocycles. The zero-order valence-electron chi connectivity index (χ0n) is 15.3. The minimum Gasteiger partial charge on any atom is -0.370 e. The van der Waals surface area contributed by atoms with Crippen molar-refractivity contribution in [2.45, 2.75) is 52.6 Å². The number of aromatic nitrogens is 1. The second-order valence-electron chi connectivity index (χ2n) is 8.12. The summed E-state index contributed by atoms with van der Waals surface area (Å²) in [5, 5.41) is 7.10. The molecule has 0 spiro atoms. The zero-order valence-corrected chi connectivity index (χ0v) is 15.3. The maximum Gasteiger partial charge on any atom is 0.128 e. The van der Waals surface area contributed by atoms with Crippen LogP contribution in [0.25, 0.3) is 0 Å². The molecule has 2 aliphatic rings. The molecule has 2 fully saturated rings. The minimum atomic E-state index is 0.393. The smallest absolute Gasteiger partial charge is 0.128 e. The second kappa shape index (κ2) is 6.31. The molecule has 1 aromatic rings. The first-order valence-electron chi connectivity index (χ1n) is 9.06. The van der Waals surface area contributed by atoms with E-state index in [2.05, 4.69) is 67.4 Å². The van der Waals surface area contributed by atoms with Gasteiger partial charge in [-0.2, -0.15) is 0 Å². The van der Waals surface area contributed by atoms with Crippen LogP contribution in [0.4, 0.5) is 11.5 Å². The molecule has 0 amide bonds. The van der Waals surface area contributed by atoms with Crippen LogP contribution in [0.3, 0.4) is 0 Å². The van der Waals surface area contributed by atoms with Gasteiger partial charge < -0.3 is 15.5 Å². The van der Waals surface area contributed by atoms with Gasteiger partial charge in [-0.05, 0) is 43.2 Å². The SMILES string of the molecule is CN[C@H]1CCN(c2ccnc(NC3C[C@H](C)C(C)(C)C3C)c2)C1. The molecule has 1 aliphatic heterocycles. The number of likely N-dealkylation sites (N-methyl/N-ethyl adjacent to an activating group) is 1. The van der Waals surface area contributed by atoms with Gasteiger partial charge in [0, 0.05) is 43.1 Å².